The van der Waals surface area contributed by atoms with Gasteiger partial charge in [-0.1, -0.05) is 13.3 Å². The van der Waals surface area contributed by atoms with Gasteiger partial charge in [-0.25, -0.2) is 0 Å². The zero-order valence-corrected chi connectivity index (χ0v) is 11.6. The van der Waals surface area contributed by atoms with Crippen molar-refractivity contribution in [2.75, 3.05) is 11.5 Å². The van der Waals surface area contributed by atoms with Crippen molar-refractivity contribution in [3.05, 3.63) is 11.4 Å². The van der Waals surface area contributed by atoms with E-state index in [-0.39, 0.29) is 11.9 Å². The third-order valence-corrected chi connectivity index (χ3v) is 4.69. The van der Waals surface area contributed by atoms with Gasteiger partial charge < -0.3 is 11.1 Å². The fraction of sp³-hybridized carbons (Fsp3) is 0.667. The first-order valence-corrected chi connectivity index (χ1v) is 7.41. The second-order valence-corrected chi connectivity index (χ2v) is 6.13. The molecule has 18 heavy (non-hydrogen) atoms. The van der Waals surface area contributed by atoms with Crippen LogP contribution in [0, 0.1) is 6.92 Å². The number of hydrogen-bond acceptors (Lipinski definition) is 4. The van der Waals surface area contributed by atoms with Crippen molar-refractivity contribution in [1.82, 2.24) is 15.5 Å². The maximum Gasteiger partial charge on any atom is 0.274 e. The van der Waals surface area contributed by atoms with Crippen LogP contribution in [0.15, 0.2) is 0 Å². The van der Waals surface area contributed by atoms with E-state index in [4.69, 9.17) is 5.73 Å². The first-order valence-electron chi connectivity index (χ1n) is 6.36. The summed E-state index contributed by atoms with van der Waals surface area (Å²) in [7, 11) is 0. The maximum absolute atomic E-state index is 12.1. The average molecular weight is 268 g/mol. The Kier molecular flexibility index (Phi) is 4.16. The molecule has 1 aromatic rings. The van der Waals surface area contributed by atoms with Gasteiger partial charge >= 0.3 is 0 Å². The largest absolute Gasteiger partial charge is 0.395 e. The number of anilines is 1. The lowest BCUT2D eigenvalue weighted by molar-refractivity contribution is 0.0934. The molecule has 1 aliphatic carbocycles. The van der Waals surface area contributed by atoms with Gasteiger partial charge in [-0.05, 0) is 25.5 Å². The van der Waals surface area contributed by atoms with Gasteiger partial charge in [0.25, 0.3) is 5.91 Å². The number of thioether (sulfide) groups is 1. The lowest BCUT2D eigenvalue weighted by Crippen LogP contribution is -2.39. The van der Waals surface area contributed by atoms with Crippen molar-refractivity contribution < 1.29 is 4.79 Å². The predicted molar refractivity (Wildman–Crippen MR) is 74.8 cm³/mol. The first-order chi connectivity index (χ1) is 8.63. The molecule has 1 aromatic heterocycles. The number of H-pyrrole nitrogens is 1. The highest BCUT2D eigenvalue weighted by atomic mass is 32.2. The van der Waals surface area contributed by atoms with Crippen molar-refractivity contribution in [1.29, 1.82) is 0 Å². The van der Waals surface area contributed by atoms with Crippen LogP contribution in [-0.2, 0) is 0 Å². The molecule has 0 spiro atoms. The molecule has 2 atom stereocenters. The number of nitrogens with zero attached hydrogens (tertiary/aromatic N) is 1. The highest BCUT2D eigenvalue weighted by Gasteiger charge is 2.29. The topological polar surface area (TPSA) is 83.8 Å². The summed E-state index contributed by atoms with van der Waals surface area (Å²) in [4.78, 5) is 12.1. The molecule has 0 radical (unpaired) electrons. The van der Waals surface area contributed by atoms with Crippen molar-refractivity contribution in [3.63, 3.8) is 0 Å². The highest BCUT2D eigenvalue weighted by molar-refractivity contribution is 7.99. The smallest absolute Gasteiger partial charge is 0.274 e. The summed E-state index contributed by atoms with van der Waals surface area (Å²) in [6.07, 6.45) is 3.41. The Bertz CT molecular complexity index is 432. The highest BCUT2D eigenvalue weighted by Crippen LogP contribution is 2.30. The second kappa shape index (κ2) is 5.65. The van der Waals surface area contributed by atoms with Gasteiger partial charge in [0, 0.05) is 11.3 Å². The summed E-state index contributed by atoms with van der Waals surface area (Å²) in [5.41, 5.74) is 7.32. The minimum Gasteiger partial charge on any atom is -0.395 e. The minimum atomic E-state index is -0.162. The first kappa shape index (κ1) is 13.3. The summed E-state index contributed by atoms with van der Waals surface area (Å²) < 4.78 is 0. The Labute approximate surface area is 111 Å². The number of rotatable bonds is 4. The summed E-state index contributed by atoms with van der Waals surface area (Å²) in [5.74, 6) is 0.922. The van der Waals surface area contributed by atoms with Crippen LogP contribution in [0.5, 0.6) is 0 Å². The zero-order valence-electron chi connectivity index (χ0n) is 10.8. The quantitative estimate of drug-likeness (QED) is 0.776. The van der Waals surface area contributed by atoms with Crippen LogP contribution >= 0.6 is 11.8 Å². The summed E-state index contributed by atoms with van der Waals surface area (Å²) >= 11 is 1.92. The number of aromatic nitrogens is 2. The van der Waals surface area contributed by atoms with Gasteiger partial charge in [-0.2, -0.15) is 16.9 Å². The van der Waals surface area contributed by atoms with Gasteiger partial charge in [0.05, 0.1) is 11.4 Å². The van der Waals surface area contributed by atoms with E-state index in [9.17, 15) is 4.79 Å². The van der Waals surface area contributed by atoms with Crippen LogP contribution in [0.25, 0.3) is 0 Å². The van der Waals surface area contributed by atoms with Crippen LogP contribution in [0.2, 0.25) is 0 Å². The lowest BCUT2D eigenvalue weighted by Gasteiger charge is -2.19. The zero-order chi connectivity index (χ0) is 13.1. The number of hydrogen-bond donors (Lipinski definition) is 3. The molecule has 0 bridgehead atoms. The Morgan fingerprint density at radius 1 is 1.61 bits per heavy atom. The number of nitrogen functional groups attached to an aromatic ring is 1. The summed E-state index contributed by atoms with van der Waals surface area (Å²) in [6, 6.07) is 0.249. The molecule has 1 aliphatic rings. The number of aromatic amines is 1. The fourth-order valence-corrected chi connectivity index (χ4v) is 3.55. The second-order valence-electron chi connectivity index (χ2n) is 4.62. The lowest BCUT2D eigenvalue weighted by atomic mass is 10.2. The van der Waals surface area contributed by atoms with E-state index < -0.39 is 0 Å². The van der Waals surface area contributed by atoms with Crippen LogP contribution in [0.1, 0.15) is 42.4 Å². The third-order valence-electron chi connectivity index (χ3n) is 3.36. The maximum atomic E-state index is 12.1. The van der Waals surface area contributed by atoms with Crippen molar-refractivity contribution in [2.24, 2.45) is 0 Å². The fourth-order valence-electron chi connectivity index (χ4n) is 2.35. The molecule has 0 aliphatic heterocycles. The Morgan fingerprint density at radius 3 is 3.00 bits per heavy atom. The third kappa shape index (κ3) is 2.63. The van der Waals surface area contributed by atoms with E-state index in [2.05, 4.69) is 22.4 Å². The number of aryl methyl sites for hydroxylation is 1. The van der Waals surface area contributed by atoms with E-state index >= 15 is 0 Å². The molecular weight excluding hydrogens is 248 g/mol. The molecule has 2 rings (SSSR count). The number of nitrogens with one attached hydrogen (secondary N) is 2. The number of carbonyl (C=O) groups is 1. The van der Waals surface area contributed by atoms with Crippen molar-refractivity contribution in [2.45, 2.75) is 44.4 Å². The molecule has 1 heterocycles. The Hall–Kier alpha value is -1.17. The molecule has 100 valence electrons. The molecule has 2 unspecified atom stereocenters. The summed E-state index contributed by atoms with van der Waals surface area (Å²) in [6.45, 7) is 3.96. The summed E-state index contributed by atoms with van der Waals surface area (Å²) in [5, 5.41) is 10.3. The number of amides is 1. The normalized spacial score (nSPS) is 23.2. The Morgan fingerprint density at radius 2 is 2.39 bits per heavy atom. The van der Waals surface area contributed by atoms with E-state index in [1.165, 1.54) is 12.8 Å². The molecule has 5 nitrogen and oxygen atoms in total. The standard InChI is InChI=1S/C12H20N4OS/c1-3-18-9-6-4-5-8(9)14-12(17)11-10(13)7(2)15-16-11/h8-9H,3-6,13H2,1-2H3,(H,14,17)(H,15,16). The van der Waals surface area contributed by atoms with Gasteiger partial charge in [0.1, 0.15) is 0 Å². The molecule has 4 N–H and O–H groups in total. The van der Waals surface area contributed by atoms with Crippen LogP contribution in [0.3, 0.4) is 0 Å². The van der Waals surface area contributed by atoms with E-state index in [1.54, 1.807) is 0 Å². The number of carbonyl (C=O) groups excluding carboxylic acids is 1. The molecule has 1 saturated carbocycles. The van der Waals surface area contributed by atoms with Gasteiger partial charge in [0.15, 0.2) is 5.69 Å². The van der Waals surface area contributed by atoms with E-state index in [1.807, 2.05) is 18.7 Å². The minimum absolute atomic E-state index is 0.162. The van der Waals surface area contributed by atoms with Gasteiger partial charge in [0.2, 0.25) is 0 Å². The van der Waals surface area contributed by atoms with Gasteiger partial charge in [-0.3, -0.25) is 9.89 Å². The van der Waals surface area contributed by atoms with Crippen LogP contribution in [0.4, 0.5) is 5.69 Å². The molecule has 0 saturated heterocycles. The molecular formula is C12H20N4OS. The van der Waals surface area contributed by atoms with Crippen LogP contribution in [-0.4, -0.2) is 33.1 Å². The molecule has 6 heteroatoms. The monoisotopic (exact) mass is 268 g/mol. The Balaban J connectivity index is 2.01. The molecule has 1 amide bonds. The van der Waals surface area contributed by atoms with E-state index in [0.29, 0.717) is 16.6 Å². The average Bonchev–Trinajstić information content (AvgIpc) is 2.89. The van der Waals surface area contributed by atoms with Crippen LogP contribution < -0.4 is 11.1 Å². The predicted octanol–water partition coefficient (Wildman–Crippen LogP) is 1.70. The van der Waals surface area contributed by atoms with E-state index in [0.717, 1.165) is 17.9 Å². The molecule has 0 aromatic carbocycles. The van der Waals surface area contributed by atoms with Crippen molar-refractivity contribution >= 4 is 23.4 Å². The molecule has 1 fully saturated rings. The van der Waals surface area contributed by atoms with Gasteiger partial charge in [-0.15, -0.1) is 0 Å². The number of nitrogens with two attached hydrogens (primary N) is 1. The SMILES string of the molecule is CCSC1CCCC1NC(=O)c1n[nH]c(C)c1N. The van der Waals surface area contributed by atoms with Crippen molar-refractivity contribution in [3.8, 4) is 0 Å².